The van der Waals surface area contributed by atoms with Crippen molar-refractivity contribution in [3.8, 4) is 0 Å². The van der Waals surface area contributed by atoms with Crippen molar-refractivity contribution in [2.45, 2.75) is 69.6 Å². The first kappa shape index (κ1) is 28.8. The third-order valence-electron chi connectivity index (χ3n) is 5.65. The van der Waals surface area contributed by atoms with E-state index in [0.717, 1.165) is 6.42 Å². The maximum atomic E-state index is 12.3. The van der Waals surface area contributed by atoms with Crippen LogP contribution >= 0.6 is 7.82 Å². The number of ether oxygens (including phenoxy) is 1. The SMILES string of the molecule is CCCC(=O)NCCCC[C@@H](N)C(=O)OP(=O)(O)OC[C@H]1O[C@@H](n2cnc3c(N)ncnc32)[C@H](O)[C@@H]1O. The molecule has 1 saturated heterocycles. The van der Waals surface area contributed by atoms with E-state index in [1.165, 1.54) is 17.2 Å². The molecule has 2 aromatic heterocycles. The van der Waals surface area contributed by atoms with E-state index in [0.29, 0.717) is 25.8 Å². The normalized spacial score (nSPS) is 24.0. The number of anilines is 1. The van der Waals surface area contributed by atoms with E-state index in [2.05, 4.69) is 24.8 Å². The number of imidazole rings is 1. The molecule has 16 nitrogen and oxygen atoms in total. The second kappa shape index (κ2) is 12.7. The van der Waals surface area contributed by atoms with Crippen molar-refractivity contribution < 1.29 is 43.0 Å². The Bertz CT molecular complexity index is 1130. The lowest BCUT2D eigenvalue weighted by molar-refractivity contribution is -0.138. The lowest BCUT2D eigenvalue weighted by Crippen LogP contribution is -2.34. The summed E-state index contributed by atoms with van der Waals surface area (Å²) in [5.74, 6) is -1.10. The lowest BCUT2D eigenvalue weighted by atomic mass is 10.1. The number of phosphoric ester groups is 1. The average molecular weight is 545 g/mol. The highest BCUT2D eigenvalue weighted by Gasteiger charge is 2.45. The standard InChI is InChI=1S/C20H32N7O9P/c1-2-5-13(28)23-7-4-3-6-11(21)20(31)36-37(32,33)34-8-12-15(29)16(30)19(35-12)27-10-26-14-17(22)24-9-25-18(14)27/h9-12,15-16,19,29-30H,2-8,21H2,1H3,(H,23,28)(H,32,33)(H2,22,24,25)/t11-,12-,15-,16-,19-/m1/s1. The Kier molecular flexibility index (Phi) is 9.89. The van der Waals surface area contributed by atoms with E-state index in [1.54, 1.807) is 0 Å². The molecule has 1 fully saturated rings. The van der Waals surface area contributed by atoms with Crippen LogP contribution in [0.25, 0.3) is 11.2 Å². The van der Waals surface area contributed by atoms with Gasteiger partial charge in [-0.2, -0.15) is 0 Å². The summed E-state index contributed by atoms with van der Waals surface area (Å²) in [6.45, 7) is 1.63. The van der Waals surface area contributed by atoms with E-state index >= 15 is 0 Å². The number of fused-ring (bicyclic) bond motifs is 1. The first-order valence-corrected chi connectivity index (χ1v) is 13.2. The fraction of sp³-hybridized carbons (Fsp3) is 0.650. The number of carbonyl (C=O) groups excluding carboxylic acids is 2. The molecule has 1 aliphatic rings. The molecule has 6 atom stereocenters. The molecular weight excluding hydrogens is 513 g/mol. The molecule has 8 N–H and O–H groups in total. The Morgan fingerprint density at radius 2 is 2.03 bits per heavy atom. The van der Waals surface area contributed by atoms with Gasteiger partial charge in [0.1, 0.15) is 36.2 Å². The van der Waals surface area contributed by atoms with Gasteiger partial charge in [0.05, 0.1) is 12.9 Å². The fourth-order valence-electron chi connectivity index (χ4n) is 3.68. The second-order valence-corrected chi connectivity index (χ2v) is 9.88. The number of phosphoric acid groups is 1. The number of aliphatic hydroxyl groups excluding tert-OH is 2. The maximum Gasteiger partial charge on any atom is 0.529 e. The number of unbranched alkanes of at least 4 members (excludes halogenated alkanes) is 1. The van der Waals surface area contributed by atoms with Crippen LogP contribution in [0.15, 0.2) is 12.7 Å². The quantitative estimate of drug-likeness (QED) is 0.132. The molecule has 3 heterocycles. The number of rotatable bonds is 13. The van der Waals surface area contributed by atoms with Crippen LogP contribution in [-0.2, 0) is 27.9 Å². The minimum atomic E-state index is -4.91. The van der Waals surface area contributed by atoms with Crippen LogP contribution in [0.1, 0.15) is 45.3 Å². The third kappa shape index (κ3) is 7.41. The smallest absolute Gasteiger partial charge is 0.387 e. The van der Waals surface area contributed by atoms with Crippen LogP contribution in [0, 0.1) is 0 Å². The van der Waals surface area contributed by atoms with Crippen LogP contribution in [-0.4, -0.2) is 84.0 Å². The molecule has 0 saturated carbocycles. The van der Waals surface area contributed by atoms with Crippen molar-refractivity contribution in [1.82, 2.24) is 24.8 Å². The van der Waals surface area contributed by atoms with Gasteiger partial charge < -0.3 is 36.3 Å². The number of nitrogens with one attached hydrogen (secondary N) is 1. The first-order valence-electron chi connectivity index (χ1n) is 11.7. The monoisotopic (exact) mass is 545 g/mol. The molecule has 1 unspecified atom stereocenters. The second-order valence-electron chi connectivity index (χ2n) is 8.51. The van der Waals surface area contributed by atoms with Crippen molar-refractivity contribution >= 4 is 36.7 Å². The minimum Gasteiger partial charge on any atom is -0.387 e. The summed E-state index contributed by atoms with van der Waals surface area (Å²) in [6, 6.07) is -1.18. The zero-order valence-electron chi connectivity index (χ0n) is 20.2. The number of nitrogens with zero attached hydrogens (tertiary/aromatic N) is 4. The summed E-state index contributed by atoms with van der Waals surface area (Å²) in [6.07, 6.45) is -0.546. The molecule has 0 radical (unpaired) electrons. The van der Waals surface area contributed by atoms with E-state index < -0.39 is 51.0 Å². The van der Waals surface area contributed by atoms with Gasteiger partial charge in [-0.15, -0.1) is 0 Å². The van der Waals surface area contributed by atoms with E-state index in [-0.39, 0.29) is 29.3 Å². The van der Waals surface area contributed by atoms with Crippen molar-refractivity contribution in [3.63, 3.8) is 0 Å². The Balaban J connectivity index is 1.47. The lowest BCUT2D eigenvalue weighted by Gasteiger charge is -2.18. The summed E-state index contributed by atoms with van der Waals surface area (Å²) in [7, 11) is -4.91. The molecule has 0 aliphatic carbocycles. The average Bonchev–Trinajstić information content (AvgIpc) is 3.39. The van der Waals surface area contributed by atoms with Gasteiger partial charge in [0.2, 0.25) is 5.91 Å². The van der Waals surface area contributed by atoms with Gasteiger partial charge in [0.15, 0.2) is 17.7 Å². The number of carbonyl (C=O) groups is 2. The van der Waals surface area contributed by atoms with Crippen molar-refractivity contribution in [2.75, 3.05) is 18.9 Å². The highest BCUT2D eigenvalue weighted by atomic mass is 31.2. The van der Waals surface area contributed by atoms with Crippen molar-refractivity contribution in [1.29, 1.82) is 0 Å². The number of hydrogen-bond acceptors (Lipinski definition) is 13. The predicted octanol–water partition coefficient (Wildman–Crippen LogP) is -0.898. The topological polar surface area (TPSA) is 247 Å². The van der Waals surface area contributed by atoms with E-state index in [4.69, 9.17) is 20.7 Å². The summed E-state index contributed by atoms with van der Waals surface area (Å²) >= 11 is 0. The molecule has 206 valence electrons. The Morgan fingerprint density at radius 3 is 2.76 bits per heavy atom. The minimum absolute atomic E-state index is 0.0585. The van der Waals surface area contributed by atoms with E-state index in [1.807, 2.05) is 6.92 Å². The predicted molar refractivity (Wildman–Crippen MR) is 127 cm³/mol. The number of hydrogen-bond donors (Lipinski definition) is 6. The van der Waals surface area contributed by atoms with Gasteiger partial charge in [-0.1, -0.05) is 6.92 Å². The van der Waals surface area contributed by atoms with Gasteiger partial charge >= 0.3 is 13.8 Å². The van der Waals surface area contributed by atoms with Crippen LogP contribution in [0.5, 0.6) is 0 Å². The number of nitrogens with two attached hydrogens (primary N) is 2. The van der Waals surface area contributed by atoms with Gasteiger partial charge in [0.25, 0.3) is 0 Å². The van der Waals surface area contributed by atoms with Crippen molar-refractivity contribution in [3.05, 3.63) is 12.7 Å². The summed E-state index contributed by atoms with van der Waals surface area (Å²) in [5.41, 5.74) is 12.0. The molecule has 0 aromatic carbocycles. The van der Waals surface area contributed by atoms with Crippen molar-refractivity contribution in [2.24, 2.45) is 5.73 Å². The maximum absolute atomic E-state index is 12.3. The third-order valence-corrected chi connectivity index (χ3v) is 6.54. The van der Waals surface area contributed by atoms with Crippen LogP contribution < -0.4 is 16.8 Å². The molecule has 0 spiro atoms. The zero-order valence-corrected chi connectivity index (χ0v) is 21.1. The van der Waals surface area contributed by atoms with Gasteiger partial charge in [0, 0.05) is 13.0 Å². The summed E-state index contributed by atoms with van der Waals surface area (Å²) < 4.78 is 28.5. The van der Waals surface area contributed by atoms with Gasteiger partial charge in [-0.05, 0) is 25.7 Å². The highest BCUT2D eigenvalue weighted by Crippen LogP contribution is 2.45. The molecule has 17 heteroatoms. The number of amides is 1. The number of aromatic nitrogens is 4. The van der Waals surface area contributed by atoms with Crippen LogP contribution in [0.4, 0.5) is 5.82 Å². The molecule has 0 bridgehead atoms. The Labute approximate surface area is 211 Å². The highest BCUT2D eigenvalue weighted by molar-refractivity contribution is 7.48. The zero-order chi connectivity index (χ0) is 27.2. The van der Waals surface area contributed by atoms with Gasteiger partial charge in [-0.25, -0.2) is 24.3 Å². The molecule has 1 amide bonds. The number of nitrogen functional groups attached to an aromatic ring is 1. The summed E-state index contributed by atoms with van der Waals surface area (Å²) in [5, 5.41) is 23.5. The largest absolute Gasteiger partial charge is 0.529 e. The fourth-order valence-corrected chi connectivity index (χ4v) is 4.43. The Morgan fingerprint density at radius 1 is 1.27 bits per heavy atom. The molecule has 3 rings (SSSR count). The molecule has 2 aromatic rings. The number of aliphatic hydroxyl groups is 2. The Hall–Kier alpha value is -2.72. The van der Waals surface area contributed by atoms with E-state index in [9.17, 15) is 29.3 Å². The van der Waals surface area contributed by atoms with Crippen LogP contribution in [0.3, 0.4) is 0 Å². The molecular formula is C20H32N7O9P. The first-order chi connectivity index (χ1) is 17.5. The molecule has 1 aliphatic heterocycles. The van der Waals surface area contributed by atoms with Gasteiger partial charge in [-0.3, -0.25) is 18.8 Å². The van der Waals surface area contributed by atoms with Crippen LogP contribution in [0.2, 0.25) is 0 Å². The molecule has 37 heavy (non-hydrogen) atoms. The summed E-state index contributed by atoms with van der Waals surface area (Å²) in [4.78, 5) is 45.4.